The molecule has 12 nitrogen and oxygen atoms in total. The van der Waals surface area contributed by atoms with Crippen molar-refractivity contribution in [2.75, 3.05) is 44.5 Å². The SMILES string of the molecule is Cl.Cn1ncc2cc(N(C(=O)c3cc(-c4cc5c(cc4C(=O)N4Cc6ccccc6C[C@H]4CCN4CCOCC4)OCO5)n4c3CCCC4)c3ccc(O)cc3)ccc21. The van der Waals surface area contributed by atoms with Gasteiger partial charge in [-0.05, 0) is 104 Å². The molecule has 10 rings (SSSR count). The van der Waals surface area contributed by atoms with Crippen LogP contribution < -0.4 is 14.4 Å². The minimum absolute atomic E-state index is 0. The lowest BCUT2D eigenvalue weighted by Gasteiger charge is -2.39. The van der Waals surface area contributed by atoms with Gasteiger partial charge < -0.3 is 28.8 Å². The summed E-state index contributed by atoms with van der Waals surface area (Å²) in [5.74, 6) is 0.970. The van der Waals surface area contributed by atoms with Gasteiger partial charge >= 0.3 is 0 Å². The molecule has 1 N–H and O–H groups in total. The van der Waals surface area contributed by atoms with Crippen molar-refractivity contribution in [1.29, 1.82) is 0 Å². The van der Waals surface area contributed by atoms with Gasteiger partial charge in [0.25, 0.3) is 11.8 Å². The van der Waals surface area contributed by atoms with E-state index in [-0.39, 0.29) is 42.8 Å². The molecule has 2 aromatic heterocycles. The van der Waals surface area contributed by atoms with Gasteiger partial charge in [0, 0.05) is 73.8 Å². The Morgan fingerprint density at radius 1 is 0.864 bits per heavy atom. The zero-order valence-electron chi connectivity index (χ0n) is 33.0. The molecule has 0 saturated carbocycles. The maximum atomic E-state index is 15.3. The van der Waals surface area contributed by atoms with Crippen molar-refractivity contribution in [3.05, 3.63) is 119 Å². The van der Waals surface area contributed by atoms with Crippen LogP contribution in [0.3, 0.4) is 0 Å². The average Bonchev–Trinajstić information content (AvgIpc) is 3.99. The second-order valence-electron chi connectivity index (χ2n) is 15.7. The lowest BCUT2D eigenvalue weighted by Crippen LogP contribution is -2.47. The summed E-state index contributed by atoms with van der Waals surface area (Å²) in [6.45, 7) is 5.43. The highest BCUT2D eigenvalue weighted by atomic mass is 35.5. The standard InChI is InChI=1S/C46H46N6O6.ClH/c1-48-40-14-11-35(23-32(40)27-47-48)52(33-9-12-36(53)13-10-33)46(55)39-24-42(50-16-5-4-8-41(39)50)37-25-43-44(58-29-57-43)26-38(37)45(54)51-28-31-7-3-2-6-30(31)22-34(51)15-17-49-18-20-56-21-19-49;/h2-3,6-7,9-14,23-27,34,53H,4-5,8,15-22,28-29H2,1H3;1H/t34-;/m1./s1. The summed E-state index contributed by atoms with van der Waals surface area (Å²) < 4.78 is 21.5. The number of carbonyl (C=O) groups is 2. The molecule has 59 heavy (non-hydrogen) atoms. The van der Waals surface area contributed by atoms with Crippen LogP contribution in [0.5, 0.6) is 17.2 Å². The summed E-state index contributed by atoms with van der Waals surface area (Å²) in [7, 11) is 1.89. The number of anilines is 2. The predicted molar refractivity (Wildman–Crippen MR) is 227 cm³/mol. The van der Waals surface area contributed by atoms with Crippen LogP contribution in [0.15, 0.2) is 91.1 Å². The third kappa shape index (κ3) is 7.19. The lowest BCUT2D eigenvalue weighted by atomic mass is 9.90. The lowest BCUT2D eigenvalue weighted by molar-refractivity contribution is 0.0308. The molecule has 13 heteroatoms. The molecule has 4 aliphatic rings. The Bertz CT molecular complexity index is 2540. The first-order valence-electron chi connectivity index (χ1n) is 20.3. The number of aromatic nitrogens is 3. The van der Waals surface area contributed by atoms with Gasteiger partial charge in [-0.1, -0.05) is 24.3 Å². The van der Waals surface area contributed by atoms with Crippen molar-refractivity contribution in [2.24, 2.45) is 7.05 Å². The second kappa shape index (κ2) is 16.1. The maximum absolute atomic E-state index is 15.3. The van der Waals surface area contributed by atoms with E-state index in [9.17, 15) is 5.11 Å². The Labute approximate surface area is 348 Å². The van der Waals surface area contributed by atoms with E-state index in [2.05, 4.69) is 37.7 Å². The van der Waals surface area contributed by atoms with Crippen LogP contribution in [0.1, 0.15) is 56.8 Å². The van der Waals surface area contributed by atoms with E-state index < -0.39 is 0 Å². The molecular weight excluding hydrogens is 768 g/mol. The van der Waals surface area contributed by atoms with E-state index >= 15 is 9.59 Å². The topological polar surface area (TPSA) is 115 Å². The molecule has 0 unspecified atom stereocenters. The van der Waals surface area contributed by atoms with Gasteiger partial charge in [-0.2, -0.15) is 5.10 Å². The number of morpholine rings is 1. The van der Waals surface area contributed by atoms with Gasteiger partial charge in [0.1, 0.15) is 5.75 Å². The number of benzene rings is 4. The number of hydrogen-bond acceptors (Lipinski definition) is 8. The second-order valence-corrected chi connectivity index (χ2v) is 15.7. The van der Waals surface area contributed by atoms with E-state index in [1.807, 2.05) is 54.2 Å². The molecule has 1 fully saturated rings. The Morgan fingerprint density at radius 3 is 2.44 bits per heavy atom. The number of aryl methyl sites for hydroxylation is 1. The molecule has 0 spiro atoms. The van der Waals surface area contributed by atoms with Crippen LogP contribution in [0.4, 0.5) is 11.4 Å². The van der Waals surface area contributed by atoms with Crippen molar-refractivity contribution >= 4 is 46.5 Å². The highest BCUT2D eigenvalue weighted by Crippen LogP contribution is 2.43. The fraction of sp³-hybridized carbons (Fsp3) is 0.326. The van der Waals surface area contributed by atoms with Gasteiger partial charge in [-0.15, -0.1) is 12.4 Å². The minimum atomic E-state index is -0.199. The number of phenols is 1. The smallest absolute Gasteiger partial charge is 0.264 e. The summed E-state index contributed by atoms with van der Waals surface area (Å²) in [6.07, 6.45) is 6.02. The zero-order chi connectivity index (χ0) is 39.3. The number of rotatable bonds is 8. The van der Waals surface area contributed by atoms with Crippen molar-refractivity contribution in [3.63, 3.8) is 0 Å². The number of ether oxygens (including phenoxy) is 3. The molecule has 6 heterocycles. The van der Waals surface area contributed by atoms with Gasteiger partial charge in [0.05, 0.1) is 41.7 Å². The number of phenolic OH excluding ortho intramolecular Hbond substituents is 1. The summed E-state index contributed by atoms with van der Waals surface area (Å²) in [6, 6.07) is 26.7. The number of aromatic hydroxyl groups is 1. The first kappa shape index (κ1) is 38.7. The van der Waals surface area contributed by atoms with Crippen molar-refractivity contribution in [3.8, 4) is 28.5 Å². The van der Waals surface area contributed by atoms with E-state index in [4.69, 9.17) is 14.2 Å². The predicted octanol–water partition coefficient (Wildman–Crippen LogP) is 7.50. The summed E-state index contributed by atoms with van der Waals surface area (Å²) in [4.78, 5) is 36.7. The van der Waals surface area contributed by atoms with E-state index in [0.717, 1.165) is 91.9 Å². The molecule has 6 aromatic rings. The molecule has 4 aromatic carbocycles. The fourth-order valence-electron chi connectivity index (χ4n) is 9.21. The highest BCUT2D eigenvalue weighted by Gasteiger charge is 2.35. The third-order valence-corrected chi connectivity index (χ3v) is 12.3. The van der Waals surface area contributed by atoms with Crippen LogP contribution in [0.25, 0.3) is 22.2 Å². The van der Waals surface area contributed by atoms with Gasteiger partial charge in [0.15, 0.2) is 11.5 Å². The van der Waals surface area contributed by atoms with E-state index in [1.165, 1.54) is 5.56 Å². The van der Waals surface area contributed by atoms with Crippen LogP contribution in [0.2, 0.25) is 0 Å². The van der Waals surface area contributed by atoms with Crippen LogP contribution in [-0.2, 0) is 37.7 Å². The third-order valence-electron chi connectivity index (χ3n) is 12.3. The highest BCUT2D eigenvalue weighted by molar-refractivity contribution is 6.13. The van der Waals surface area contributed by atoms with Crippen LogP contribution in [0, 0.1) is 0 Å². The first-order chi connectivity index (χ1) is 28.4. The molecule has 0 bridgehead atoms. The molecule has 4 aliphatic heterocycles. The normalized spacial score (nSPS) is 17.3. The molecular formula is C46H47ClN6O6. The maximum Gasteiger partial charge on any atom is 0.264 e. The van der Waals surface area contributed by atoms with Gasteiger partial charge in [-0.25, -0.2) is 0 Å². The molecule has 0 radical (unpaired) electrons. The van der Waals surface area contributed by atoms with Gasteiger partial charge in [0.2, 0.25) is 6.79 Å². The number of hydrogen-bond donors (Lipinski definition) is 1. The molecule has 304 valence electrons. The number of carbonyl (C=O) groups excluding carboxylic acids is 2. The minimum Gasteiger partial charge on any atom is -0.508 e. The molecule has 0 aliphatic carbocycles. The van der Waals surface area contributed by atoms with E-state index in [1.54, 1.807) is 35.4 Å². The summed E-state index contributed by atoms with van der Waals surface area (Å²) in [5.41, 5.74) is 8.25. The van der Waals surface area contributed by atoms with Crippen molar-refractivity contribution < 1.29 is 28.9 Å². The summed E-state index contributed by atoms with van der Waals surface area (Å²) in [5, 5.41) is 15.5. The first-order valence-corrected chi connectivity index (χ1v) is 20.3. The molecule has 1 saturated heterocycles. The quantitative estimate of drug-likeness (QED) is 0.168. The van der Waals surface area contributed by atoms with Crippen LogP contribution in [-0.4, -0.2) is 86.8 Å². The number of halogens is 1. The van der Waals surface area contributed by atoms with Crippen molar-refractivity contribution in [2.45, 2.75) is 51.2 Å². The molecule has 2 amide bonds. The summed E-state index contributed by atoms with van der Waals surface area (Å²) >= 11 is 0. The van der Waals surface area contributed by atoms with Crippen LogP contribution >= 0.6 is 12.4 Å². The Kier molecular flexibility index (Phi) is 10.5. The Hall–Kier alpha value is -5.82. The largest absolute Gasteiger partial charge is 0.508 e. The zero-order valence-corrected chi connectivity index (χ0v) is 33.8. The number of nitrogens with zero attached hydrogens (tertiary/aromatic N) is 6. The Balaban J connectivity index is 0.00000449. The van der Waals surface area contributed by atoms with E-state index in [0.29, 0.717) is 53.5 Å². The number of amides is 2. The monoisotopic (exact) mass is 814 g/mol. The number of fused-ring (bicyclic) bond motifs is 4. The van der Waals surface area contributed by atoms with Crippen molar-refractivity contribution in [1.82, 2.24) is 24.1 Å². The fourth-order valence-corrected chi connectivity index (χ4v) is 9.21. The Morgan fingerprint density at radius 2 is 1.63 bits per heavy atom. The van der Waals surface area contributed by atoms with Gasteiger partial charge in [-0.3, -0.25) is 24.1 Å². The average molecular weight is 815 g/mol. The molecule has 1 atom stereocenters.